The van der Waals surface area contributed by atoms with Gasteiger partial charge in [-0.3, -0.25) is 4.79 Å². The molecule has 3 aromatic rings. The van der Waals surface area contributed by atoms with Crippen LogP contribution >= 0.6 is 34.5 Å². The van der Waals surface area contributed by atoms with E-state index in [-0.39, 0.29) is 5.91 Å². The summed E-state index contributed by atoms with van der Waals surface area (Å²) in [4.78, 5) is 17.0. The molecule has 0 aliphatic rings. The lowest BCUT2D eigenvalue weighted by Crippen LogP contribution is -2.15. The third-order valence-corrected chi connectivity index (χ3v) is 5.31. The van der Waals surface area contributed by atoms with Gasteiger partial charge in [0.1, 0.15) is 0 Å². The van der Waals surface area contributed by atoms with Crippen molar-refractivity contribution in [2.24, 2.45) is 4.99 Å². The van der Waals surface area contributed by atoms with Gasteiger partial charge in [0.15, 0.2) is 4.80 Å². The van der Waals surface area contributed by atoms with E-state index in [1.165, 1.54) is 17.4 Å². The summed E-state index contributed by atoms with van der Waals surface area (Å²) in [5.74, 6) is -0.338. The Kier molecular flexibility index (Phi) is 5.53. The van der Waals surface area contributed by atoms with Gasteiger partial charge in [-0.05, 0) is 23.8 Å². The maximum atomic E-state index is 12.2. The van der Waals surface area contributed by atoms with Crippen molar-refractivity contribution < 1.29 is 4.79 Å². The van der Waals surface area contributed by atoms with Gasteiger partial charge in [0, 0.05) is 12.6 Å². The van der Waals surface area contributed by atoms with E-state index in [1.54, 1.807) is 18.2 Å². The van der Waals surface area contributed by atoms with Crippen LogP contribution in [0, 0.1) is 0 Å². The summed E-state index contributed by atoms with van der Waals surface area (Å²) in [5.41, 5.74) is 1.70. The number of hydrogen-bond acceptors (Lipinski definition) is 2. The Balaban J connectivity index is 2.05. The van der Waals surface area contributed by atoms with E-state index in [4.69, 9.17) is 23.2 Å². The van der Waals surface area contributed by atoms with Gasteiger partial charge in [-0.25, -0.2) is 0 Å². The highest BCUT2D eigenvalue weighted by Gasteiger charge is 2.12. The maximum absolute atomic E-state index is 12.2. The molecule has 0 fully saturated rings. The second kappa shape index (κ2) is 7.83. The van der Waals surface area contributed by atoms with Crippen LogP contribution < -0.4 is 4.80 Å². The van der Waals surface area contributed by atoms with Gasteiger partial charge in [-0.1, -0.05) is 70.9 Å². The van der Waals surface area contributed by atoms with E-state index in [0.717, 1.165) is 15.8 Å². The number of thiazole rings is 1. The molecule has 0 spiro atoms. The van der Waals surface area contributed by atoms with Crippen molar-refractivity contribution >= 4 is 56.7 Å². The standard InChI is InChI=1S/C19H14Cl2N2OS/c1-2-12-23-18-15(10-9-14(20)17(18)21)25-19(23)22-16(24)11-8-13-6-4-3-5-7-13/h2-11H,1,12H2/b11-8+,22-19?. The molecule has 0 atom stereocenters. The molecular weight excluding hydrogens is 375 g/mol. The quantitative estimate of drug-likeness (QED) is 0.438. The molecule has 1 amide bonds. The minimum Gasteiger partial charge on any atom is -0.311 e. The fourth-order valence-electron chi connectivity index (χ4n) is 2.35. The van der Waals surface area contributed by atoms with E-state index in [1.807, 2.05) is 41.0 Å². The predicted molar refractivity (Wildman–Crippen MR) is 106 cm³/mol. The topological polar surface area (TPSA) is 34.4 Å². The van der Waals surface area contributed by atoms with Crippen molar-refractivity contribution in [3.05, 3.63) is 81.6 Å². The highest BCUT2D eigenvalue weighted by molar-refractivity contribution is 7.16. The highest BCUT2D eigenvalue weighted by atomic mass is 35.5. The molecule has 0 radical (unpaired) electrons. The number of carbonyl (C=O) groups excluding carboxylic acids is 1. The molecule has 0 aliphatic carbocycles. The zero-order valence-corrected chi connectivity index (χ0v) is 15.5. The van der Waals surface area contributed by atoms with Crippen molar-refractivity contribution in [1.29, 1.82) is 0 Å². The van der Waals surface area contributed by atoms with Gasteiger partial charge >= 0.3 is 0 Å². The number of benzene rings is 2. The predicted octanol–water partition coefficient (Wildman–Crippen LogP) is 5.34. The Hall–Kier alpha value is -2.14. The Morgan fingerprint density at radius 3 is 2.68 bits per heavy atom. The maximum Gasteiger partial charge on any atom is 0.272 e. The summed E-state index contributed by atoms with van der Waals surface area (Å²) >= 11 is 13.8. The molecule has 1 aromatic heterocycles. The second-order valence-corrected chi connectivity index (χ2v) is 6.98. The summed E-state index contributed by atoms with van der Waals surface area (Å²) in [5, 5.41) is 0.914. The molecule has 126 valence electrons. The van der Waals surface area contributed by atoms with Crippen molar-refractivity contribution in [2.75, 3.05) is 0 Å². The molecule has 0 N–H and O–H groups in total. The zero-order chi connectivity index (χ0) is 17.8. The van der Waals surface area contributed by atoms with E-state index in [0.29, 0.717) is 21.4 Å². The van der Waals surface area contributed by atoms with Crippen LogP contribution in [0.4, 0.5) is 0 Å². The van der Waals surface area contributed by atoms with Gasteiger partial charge in [-0.15, -0.1) is 6.58 Å². The number of hydrogen-bond donors (Lipinski definition) is 0. The lowest BCUT2D eigenvalue weighted by Gasteiger charge is -2.03. The number of aromatic nitrogens is 1. The van der Waals surface area contributed by atoms with Crippen LogP contribution in [0.25, 0.3) is 16.3 Å². The fourth-order valence-corrected chi connectivity index (χ4v) is 3.88. The van der Waals surface area contributed by atoms with Crippen molar-refractivity contribution in [3.63, 3.8) is 0 Å². The molecule has 0 unspecified atom stereocenters. The Bertz CT molecular complexity index is 1030. The molecule has 2 aromatic carbocycles. The lowest BCUT2D eigenvalue weighted by atomic mass is 10.2. The molecule has 3 rings (SSSR count). The number of fused-ring (bicyclic) bond motifs is 1. The first kappa shape index (κ1) is 17.7. The molecule has 6 heteroatoms. The van der Waals surface area contributed by atoms with Crippen LogP contribution in [0.2, 0.25) is 10.0 Å². The molecule has 1 heterocycles. The van der Waals surface area contributed by atoms with Crippen LogP contribution in [0.5, 0.6) is 0 Å². The molecule has 3 nitrogen and oxygen atoms in total. The number of allylic oxidation sites excluding steroid dienone is 1. The molecule has 25 heavy (non-hydrogen) atoms. The third-order valence-electron chi connectivity index (χ3n) is 3.47. The number of amides is 1. The summed E-state index contributed by atoms with van der Waals surface area (Å²) < 4.78 is 2.75. The Labute approximate surface area is 159 Å². The Morgan fingerprint density at radius 2 is 1.96 bits per heavy atom. The largest absolute Gasteiger partial charge is 0.311 e. The van der Waals surface area contributed by atoms with Crippen molar-refractivity contribution in [2.45, 2.75) is 6.54 Å². The van der Waals surface area contributed by atoms with Crippen LogP contribution in [-0.2, 0) is 11.3 Å². The van der Waals surface area contributed by atoms with E-state index >= 15 is 0 Å². The summed E-state index contributed by atoms with van der Waals surface area (Å²) in [6, 6.07) is 13.2. The number of rotatable bonds is 4. The van der Waals surface area contributed by atoms with Crippen LogP contribution in [0.3, 0.4) is 0 Å². The van der Waals surface area contributed by atoms with Crippen LogP contribution in [-0.4, -0.2) is 10.5 Å². The molecule has 0 saturated carbocycles. The highest BCUT2D eigenvalue weighted by Crippen LogP contribution is 2.32. The summed E-state index contributed by atoms with van der Waals surface area (Å²) in [7, 11) is 0. The van der Waals surface area contributed by atoms with Crippen LogP contribution in [0.1, 0.15) is 5.56 Å². The van der Waals surface area contributed by atoms with Crippen molar-refractivity contribution in [3.8, 4) is 0 Å². The normalized spacial score (nSPS) is 12.2. The minimum absolute atomic E-state index is 0.338. The average molecular weight is 389 g/mol. The van der Waals surface area contributed by atoms with Gasteiger partial charge in [-0.2, -0.15) is 4.99 Å². The van der Waals surface area contributed by atoms with Gasteiger partial charge in [0.25, 0.3) is 5.91 Å². The van der Waals surface area contributed by atoms with Gasteiger partial charge in [0.2, 0.25) is 0 Å². The third kappa shape index (κ3) is 3.93. The molecular formula is C19H14Cl2N2OS. The van der Waals surface area contributed by atoms with Crippen molar-refractivity contribution in [1.82, 2.24) is 4.57 Å². The second-order valence-electron chi connectivity index (χ2n) is 5.19. The SMILES string of the molecule is C=CCn1c(=NC(=O)/C=C/c2ccccc2)sc2ccc(Cl)c(Cl)c21. The number of nitrogens with zero attached hydrogens (tertiary/aromatic N) is 2. The first-order chi connectivity index (χ1) is 12.1. The van der Waals surface area contributed by atoms with E-state index < -0.39 is 0 Å². The monoisotopic (exact) mass is 388 g/mol. The lowest BCUT2D eigenvalue weighted by molar-refractivity contribution is -0.113. The fraction of sp³-hybridized carbons (Fsp3) is 0.0526. The van der Waals surface area contributed by atoms with E-state index in [9.17, 15) is 4.79 Å². The molecule has 0 saturated heterocycles. The average Bonchev–Trinajstić information content (AvgIpc) is 2.96. The smallest absolute Gasteiger partial charge is 0.272 e. The zero-order valence-electron chi connectivity index (χ0n) is 13.2. The van der Waals surface area contributed by atoms with E-state index in [2.05, 4.69) is 11.6 Å². The first-order valence-electron chi connectivity index (χ1n) is 7.50. The first-order valence-corrected chi connectivity index (χ1v) is 9.07. The number of carbonyl (C=O) groups is 1. The van der Waals surface area contributed by atoms with Crippen LogP contribution in [0.15, 0.2) is 66.2 Å². The summed E-state index contributed by atoms with van der Waals surface area (Å²) in [6.45, 7) is 4.24. The Morgan fingerprint density at radius 1 is 1.20 bits per heavy atom. The number of halogens is 2. The molecule has 0 bridgehead atoms. The molecule has 0 aliphatic heterocycles. The minimum atomic E-state index is -0.338. The van der Waals surface area contributed by atoms with Gasteiger partial charge < -0.3 is 4.57 Å². The summed E-state index contributed by atoms with van der Waals surface area (Å²) in [6.07, 6.45) is 4.92. The van der Waals surface area contributed by atoms with Gasteiger partial charge in [0.05, 0.1) is 20.3 Å².